The van der Waals surface area contributed by atoms with Crippen LogP contribution in [0.3, 0.4) is 0 Å². The van der Waals surface area contributed by atoms with Gasteiger partial charge in [-0.25, -0.2) is 0 Å². The first-order valence-electron chi connectivity index (χ1n) is 5.28. The molecule has 0 spiro atoms. The van der Waals surface area contributed by atoms with E-state index in [0.717, 1.165) is 0 Å². The zero-order chi connectivity index (χ0) is 12.8. The van der Waals surface area contributed by atoms with Crippen LogP contribution in [0.4, 0.5) is 0 Å². The predicted octanol–water partition coefficient (Wildman–Crippen LogP) is 0.588. The van der Waals surface area contributed by atoms with Gasteiger partial charge in [-0.15, -0.1) is 11.3 Å². The molecule has 0 saturated carbocycles. The fraction of sp³-hybridized carbons (Fsp3) is 0.545. The summed E-state index contributed by atoms with van der Waals surface area (Å²) in [4.78, 5) is 11.8. The van der Waals surface area contributed by atoms with Gasteiger partial charge in [-0.2, -0.15) is 0 Å². The Kier molecular flexibility index (Phi) is 5.57. The highest BCUT2D eigenvalue weighted by molar-refractivity contribution is 7.10. The Hall–Kier alpha value is -0.950. The Labute approximate surface area is 103 Å². The van der Waals surface area contributed by atoms with Gasteiger partial charge in [0, 0.05) is 4.88 Å². The quantitative estimate of drug-likeness (QED) is 0.652. The average Bonchev–Trinajstić information content (AvgIpc) is 2.76. The fourth-order valence-corrected chi connectivity index (χ4v) is 2.13. The summed E-state index contributed by atoms with van der Waals surface area (Å²) in [5.74, 6) is -0.545. The molecule has 0 saturated heterocycles. The zero-order valence-corrected chi connectivity index (χ0v) is 10.3. The number of aliphatic hydroxyl groups is 3. The number of carbonyl (C=O) groups excluding carboxylic acids is 1. The molecule has 96 valence electrons. The highest BCUT2D eigenvalue weighted by atomic mass is 32.1. The zero-order valence-electron chi connectivity index (χ0n) is 9.50. The maximum atomic E-state index is 11.1. The largest absolute Gasteiger partial charge is 0.466 e. The van der Waals surface area contributed by atoms with Crippen LogP contribution >= 0.6 is 11.3 Å². The van der Waals surface area contributed by atoms with E-state index in [0.29, 0.717) is 10.4 Å². The van der Waals surface area contributed by atoms with E-state index in [4.69, 9.17) is 5.11 Å². The van der Waals surface area contributed by atoms with E-state index in [2.05, 4.69) is 4.74 Å². The van der Waals surface area contributed by atoms with Crippen LogP contribution < -0.4 is 0 Å². The lowest BCUT2D eigenvalue weighted by molar-refractivity contribution is -0.147. The molecule has 17 heavy (non-hydrogen) atoms. The van der Waals surface area contributed by atoms with E-state index in [9.17, 15) is 15.0 Å². The van der Waals surface area contributed by atoms with Crippen LogP contribution in [-0.2, 0) is 16.1 Å². The number of hydrogen-bond acceptors (Lipinski definition) is 6. The molecule has 1 aromatic heterocycles. The number of esters is 1. The molecule has 3 N–H and O–H groups in total. The normalized spacial score (nSPS) is 14.4. The van der Waals surface area contributed by atoms with Crippen LogP contribution in [0.5, 0.6) is 0 Å². The monoisotopic (exact) mass is 260 g/mol. The van der Waals surface area contributed by atoms with Crippen LogP contribution in [0.25, 0.3) is 0 Å². The Morgan fingerprint density at radius 1 is 1.53 bits per heavy atom. The SMILES string of the molecule is CCOC(=O)CC(O)C(O)c1csc(CO)c1. The number of ether oxygens (including phenoxy) is 1. The van der Waals surface area contributed by atoms with Crippen molar-refractivity contribution in [1.82, 2.24) is 0 Å². The van der Waals surface area contributed by atoms with E-state index in [1.807, 2.05) is 0 Å². The standard InChI is InChI=1S/C11H16O5S/c1-2-16-10(14)4-9(13)11(15)7-3-8(5-12)17-6-7/h3,6,9,11-13,15H,2,4-5H2,1H3. The lowest BCUT2D eigenvalue weighted by Crippen LogP contribution is -2.22. The Morgan fingerprint density at radius 3 is 2.76 bits per heavy atom. The number of thiophene rings is 1. The van der Waals surface area contributed by atoms with Crippen LogP contribution in [0.2, 0.25) is 0 Å². The maximum absolute atomic E-state index is 11.1. The molecule has 0 aliphatic heterocycles. The minimum absolute atomic E-state index is 0.106. The third-order valence-corrected chi connectivity index (χ3v) is 3.16. The molecule has 6 heteroatoms. The van der Waals surface area contributed by atoms with Crippen molar-refractivity contribution in [3.63, 3.8) is 0 Å². The summed E-state index contributed by atoms with van der Waals surface area (Å²) in [6.07, 6.45) is -2.59. The molecule has 0 fully saturated rings. The summed E-state index contributed by atoms with van der Waals surface area (Å²) in [6.45, 7) is 1.81. The van der Waals surface area contributed by atoms with Crippen molar-refractivity contribution in [3.8, 4) is 0 Å². The number of hydrogen-bond donors (Lipinski definition) is 3. The molecule has 5 nitrogen and oxygen atoms in total. The topological polar surface area (TPSA) is 87.0 Å². The van der Waals surface area contributed by atoms with E-state index in [1.54, 1.807) is 18.4 Å². The van der Waals surface area contributed by atoms with Gasteiger partial charge in [0.1, 0.15) is 6.10 Å². The number of rotatable bonds is 6. The maximum Gasteiger partial charge on any atom is 0.308 e. The molecule has 0 amide bonds. The molecular formula is C11H16O5S. The van der Waals surface area contributed by atoms with Gasteiger partial charge in [-0.3, -0.25) is 4.79 Å². The van der Waals surface area contributed by atoms with Crippen molar-refractivity contribution in [2.24, 2.45) is 0 Å². The van der Waals surface area contributed by atoms with Crippen molar-refractivity contribution in [2.45, 2.75) is 32.2 Å². The van der Waals surface area contributed by atoms with Crippen molar-refractivity contribution in [1.29, 1.82) is 0 Å². The van der Waals surface area contributed by atoms with Gasteiger partial charge in [0.25, 0.3) is 0 Å². The fourth-order valence-electron chi connectivity index (χ4n) is 1.36. The highest BCUT2D eigenvalue weighted by Gasteiger charge is 2.22. The van der Waals surface area contributed by atoms with E-state index in [1.165, 1.54) is 11.3 Å². The first-order valence-corrected chi connectivity index (χ1v) is 6.16. The Balaban J connectivity index is 2.56. The molecule has 1 rings (SSSR count). The lowest BCUT2D eigenvalue weighted by Gasteiger charge is -2.15. The number of carbonyl (C=O) groups is 1. The van der Waals surface area contributed by atoms with Gasteiger partial charge < -0.3 is 20.1 Å². The average molecular weight is 260 g/mol. The van der Waals surface area contributed by atoms with Crippen molar-refractivity contribution < 1.29 is 24.9 Å². The molecular weight excluding hydrogens is 244 g/mol. The molecule has 0 aliphatic carbocycles. The molecule has 0 bridgehead atoms. The summed E-state index contributed by atoms with van der Waals surface area (Å²) >= 11 is 1.29. The van der Waals surface area contributed by atoms with Crippen molar-refractivity contribution >= 4 is 17.3 Å². The van der Waals surface area contributed by atoms with Gasteiger partial charge in [-0.1, -0.05) is 0 Å². The molecule has 1 heterocycles. The van der Waals surface area contributed by atoms with Gasteiger partial charge in [0.05, 0.1) is 25.7 Å². The van der Waals surface area contributed by atoms with Gasteiger partial charge in [0.2, 0.25) is 0 Å². The van der Waals surface area contributed by atoms with Crippen LogP contribution in [0, 0.1) is 0 Å². The van der Waals surface area contributed by atoms with Crippen LogP contribution in [0.15, 0.2) is 11.4 Å². The third-order valence-electron chi connectivity index (χ3n) is 2.22. The third kappa shape index (κ3) is 4.08. The molecule has 1 aromatic rings. The minimum Gasteiger partial charge on any atom is -0.466 e. The summed E-state index contributed by atoms with van der Waals surface area (Å²) < 4.78 is 4.68. The highest BCUT2D eigenvalue weighted by Crippen LogP contribution is 2.24. The van der Waals surface area contributed by atoms with Crippen molar-refractivity contribution in [3.05, 3.63) is 21.9 Å². The number of aliphatic hydroxyl groups excluding tert-OH is 3. The van der Waals surface area contributed by atoms with Crippen LogP contribution in [-0.4, -0.2) is 34.0 Å². The van der Waals surface area contributed by atoms with Gasteiger partial charge >= 0.3 is 5.97 Å². The summed E-state index contributed by atoms with van der Waals surface area (Å²) in [5, 5.41) is 29.9. The smallest absolute Gasteiger partial charge is 0.308 e. The van der Waals surface area contributed by atoms with Crippen LogP contribution in [0.1, 0.15) is 29.9 Å². The first-order chi connectivity index (χ1) is 8.08. The summed E-state index contributed by atoms with van der Waals surface area (Å²) in [6, 6.07) is 1.60. The van der Waals surface area contributed by atoms with Gasteiger partial charge in [-0.05, 0) is 23.9 Å². The molecule has 2 unspecified atom stereocenters. The first kappa shape index (κ1) is 14.1. The second kappa shape index (κ2) is 6.70. The Morgan fingerprint density at radius 2 is 2.24 bits per heavy atom. The molecule has 0 aromatic carbocycles. The summed E-state index contributed by atoms with van der Waals surface area (Å²) in [5.41, 5.74) is 0.496. The van der Waals surface area contributed by atoms with Crippen molar-refractivity contribution in [2.75, 3.05) is 6.61 Å². The second-order valence-electron chi connectivity index (χ2n) is 3.53. The van der Waals surface area contributed by atoms with E-state index in [-0.39, 0.29) is 19.6 Å². The summed E-state index contributed by atoms with van der Waals surface area (Å²) in [7, 11) is 0. The molecule has 0 aliphatic rings. The van der Waals surface area contributed by atoms with Gasteiger partial charge in [0.15, 0.2) is 0 Å². The predicted molar refractivity (Wildman–Crippen MR) is 62.5 cm³/mol. The lowest BCUT2D eigenvalue weighted by atomic mass is 10.1. The minimum atomic E-state index is -1.20. The second-order valence-corrected chi connectivity index (χ2v) is 4.52. The van der Waals surface area contributed by atoms with E-state index < -0.39 is 18.2 Å². The molecule has 2 atom stereocenters. The van der Waals surface area contributed by atoms with E-state index >= 15 is 0 Å². The Bertz CT molecular complexity index is 362. The molecule has 0 radical (unpaired) electrons.